The van der Waals surface area contributed by atoms with Crippen LogP contribution in [-0.4, -0.2) is 22.8 Å². The predicted molar refractivity (Wildman–Crippen MR) is 47.3 cm³/mol. The molecule has 0 bridgehead atoms. The summed E-state index contributed by atoms with van der Waals surface area (Å²) in [6.45, 7) is 1.17. The molecule has 0 amide bonds. The number of halogens is 3. The van der Waals surface area contributed by atoms with Crippen molar-refractivity contribution in [2.45, 2.75) is 19.5 Å². The number of aryl methyl sites for hydroxylation is 1. The van der Waals surface area contributed by atoms with Crippen LogP contribution in [0.1, 0.15) is 12.1 Å². The topological polar surface area (TPSA) is 61.0 Å². The van der Waals surface area contributed by atoms with E-state index in [-0.39, 0.29) is 11.8 Å². The summed E-state index contributed by atoms with van der Waals surface area (Å²) in [7, 11) is 0. The van der Waals surface area contributed by atoms with Crippen molar-refractivity contribution >= 4 is 5.95 Å². The minimum Gasteiger partial charge on any atom is -0.477 e. The van der Waals surface area contributed by atoms with Crippen molar-refractivity contribution in [3.8, 4) is 5.88 Å². The monoisotopic (exact) mass is 221 g/mol. The lowest BCUT2D eigenvalue weighted by Crippen LogP contribution is -2.13. The van der Waals surface area contributed by atoms with Crippen LogP contribution in [0, 0.1) is 6.92 Å². The third kappa shape index (κ3) is 4.48. The van der Waals surface area contributed by atoms with Crippen LogP contribution in [0.5, 0.6) is 5.88 Å². The van der Waals surface area contributed by atoms with Gasteiger partial charge in [-0.2, -0.15) is 18.2 Å². The van der Waals surface area contributed by atoms with Gasteiger partial charge in [-0.1, -0.05) is 0 Å². The van der Waals surface area contributed by atoms with Gasteiger partial charge in [0.2, 0.25) is 11.8 Å². The molecule has 1 aromatic heterocycles. The number of rotatable bonds is 3. The first-order chi connectivity index (χ1) is 6.87. The third-order valence-electron chi connectivity index (χ3n) is 1.48. The molecule has 0 aromatic carbocycles. The van der Waals surface area contributed by atoms with Gasteiger partial charge in [-0.25, -0.2) is 4.98 Å². The quantitative estimate of drug-likeness (QED) is 0.843. The summed E-state index contributed by atoms with van der Waals surface area (Å²) in [5.41, 5.74) is 5.84. The molecule has 0 radical (unpaired) electrons. The first-order valence-corrected chi connectivity index (χ1v) is 4.17. The van der Waals surface area contributed by atoms with Gasteiger partial charge < -0.3 is 10.5 Å². The molecule has 1 rings (SSSR count). The summed E-state index contributed by atoms with van der Waals surface area (Å²) in [5.74, 6) is 0.0428. The Morgan fingerprint density at radius 2 is 2.07 bits per heavy atom. The molecule has 0 spiro atoms. The van der Waals surface area contributed by atoms with Gasteiger partial charge in [0, 0.05) is 11.8 Å². The zero-order valence-electron chi connectivity index (χ0n) is 8.01. The number of hydrogen-bond donors (Lipinski definition) is 1. The molecule has 0 fully saturated rings. The highest BCUT2D eigenvalue weighted by Gasteiger charge is 2.26. The molecule has 0 saturated heterocycles. The maximum atomic E-state index is 11.8. The Labute approximate surface area is 84.3 Å². The molecule has 0 unspecified atom stereocenters. The molecule has 2 N–H and O–H groups in total. The fourth-order valence-electron chi connectivity index (χ4n) is 0.907. The van der Waals surface area contributed by atoms with Crippen LogP contribution < -0.4 is 10.5 Å². The lowest BCUT2D eigenvalue weighted by atomic mass is 10.4. The Hall–Kier alpha value is -1.53. The van der Waals surface area contributed by atoms with Gasteiger partial charge in [-0.3, -0.25) is 0 Å². The van der Waals surface area contributed by atoms with Gasteiger partial charge in [0.15, 0.2) is 0 Å². The molecule has 84 valence electrons. The van der Waals surface area contributed by atoms with Gasteiger partial charge in [-0.15, -0.1) is 0 Å². The SMILES string of the molecule is Cc1cc(OCCC(F)(F)F)nc(N)n1. The van der Waals surface area contributed by atoms with Gasteiger partial charge in [0.05, 0.1) is 13.0 Å². The Kier molecular flexibility index (Phi) is 3.33. The van der Waals surface area contributed by atoms with E-state index in [4.69, 9.17) is 10.5 Å². The summed E-state index contributed by atoms with van der Waals surface area (Å²) < 4.78 is 40.1. The maximum absolute atomic E-state index is 11.8. The van der Waals surface area contributed by atoms with Crippen LogP contribution >= 0.6 is 0 Å². The number of nitrogen functional groups attached to an aromatic ring is 1. The van der Waals surface area contributed by atoms with Crippen molar-refractivity contribution in [1.29, 1.82) is 0 Å². The first-order valence-electron chi connectivity index (χ1n) is 4.17. The van der Waals surface area contributed by atoms with E-state index in [2.05, 4.69) is 9.97 Å². The highest BCUT2D eigenvalue weighted by molar-refractivity contribution is 5.25. The predicted octanol–water partition coefficient (Wildman–Crippen LogP) is 1.70. The third-order valence-corrected chi connectivity index (χ3v) is 1.48. The maximum Gasteiger partial charge on any atom is 0.392 e. The molecule has 0 atom stereocenters. The van der Waals surface area contributed by atoms with Crippen molar-refractivity contribution in [2.75, 3.05) is 12.3 Å². The van der Waals surface area contributed by atoms with E-state index < -0.39 is 19.2 Å². The summed E-state index contributed by atoms with van der Waals surface area (Å²) in [4.78, 5) is 7.39. The molecule has 0 aliphatic carbocycles. The summed E-state index contributed by atoms with van der Waals surface area (Å²) in [5, 5.41) is 0. The zero-order valence-corrected chi connectivity index (χ0v) is 8.01. The van der Waals surface area contributed by atoms with Crippen molar-refractivity contribution in [3.05, 3.63) is 11.8 Å². The average Bonchev–Trinajstić information content (AvgIpc) is 1.99. The second kappa shape index (κ2) is 4.33. The number of anilines is 1. The number of nitrogens with zero attached hydrogens (tertiary/aromatic N) is 2. The van der Waals surface area contributed by atoms with Gasteiger partial charge in [0.25, 0.3) is 0 Å². The van der Waals surface area contributed by atoms with Crippen LogP contribution in [0.4, 0.5) is 19.1 Å². The van der Waals surface area contributed by atoms with Gasteiger partial charge in [-0.05, 0) is 6.92 Å². The Balaban J connectivity index is 2.51. The second-order valence-electron chi connectivity index (χ2n) is 2.92. The second-order valence-corrected chi connectivity index (χ2v) is 2.92. The van der Waals surface area contributed by atoms with E-state index >= 15 is 0 Å². The largest absolute Gasteiger partial charge is 0.477 e. The minimum absolute atomic E-state index is 0.0167. The Bertz CT molecular complexity index is 320. The standard InChI is InChI=1S/C8H10F3N3O/c1-5-4-6(14-7(12)13-5)15-3-2-8(9,10)11/h4H,2-3H2,1H3,(H2,12,13,14). The normalized spacial score (nSPS) is 11.5. The fourth-order valence-corrected chi connectivity index (χ4v) is 0.907. The van der Waals surface area contributed by atoms with Crippen LogP contribution in [0.15, 0.2) is 6.07 Å². The Morgan fingerprint density at radius 3 is 2.60 bits per heavy atom. The van der Waals surface area contributed by atoms with E-state index in [1.165, 1.54) is 6.07 Å². The van der Waals surface area contributed by atoms with Crippen molar-refractivity contribution in [1.82, 2.24) is 9.97 Å². The molecule has 1 aromatic rings. The van der Waals surface area contributed by atoms with Crippen LogP contribution in [0.2, 0.25) is 0 Å². The van der Waals surface area contributed by atoms with E-state index in [0.717, 1.165) is 0 Å². The summed E-state index contributed by atoms with van der Waals surface area (Å²) >= 11 is 0. The molecule has 7 heteroatoms. The number of nitrogens with two attached hydrogens (primary N) is 1. The molecule has 15 heavy (non-hydrogen) atoms. The van der Waals surface area contributed by atoms with Gasteiger partial charge >= 0.3 is 6.18 Å². The fraction of sp³-hybridized carbons (Fsp3) is 0.500. The zero-order chi connectivity index (χ0) is 11.5. The van der Waals surface area contributed by atoms with E-state index in [1.807, 2.05) is 0 Å². The molecule has 4 nitrogen and oxygen atoms in total. The molecular formula is C8H10F3N3O. The molecule has 1 heterocycles. The highest BCUT2D eigenvalue weighted by atomic mass is 19.4. The summed E-state index contributed by atoms with van der Waals surface area (Å²) in [6, 6.07) is 1.42. The van der Waals surface area contributed by atoms with Crippen molar-refractivity contribution < 1.29 is 17.9 Å². The number of aromatic nitrogens is 2. The lowest BCUT2D eigenvalue weighted by Gasteiger charge is -2.08. The molecule has 0 aliphatic heterocycles. The minimum atomic E-state index is -4.23. The van der Waals surface area contributed by atoms with E-state index in [0.29, 0.717) is 5.69 Å². The van der Waals surface area contributed by atoms with Crippen LogP contribution in [0.3, 0.4) is 0 Å². The van der Waals surface area contributed by atoms with Crippen molar-refractivity contribution in [3.63, 3.8) is 0 Å². The number of ether oxygens (including phenoxy) is 1. The molecular weight excluding hydrogens is 211 g/mol. The number of hydrogen-bond acceptors (Lipinski definition) is 4. The Morgan fingerprint density at radius 1 is 1.40 bits per heavy atom. The van der Waals surface area contributed by atoms with E-state index in [9.17, 15) is 13.2 Å². The van der Waals surface area contributed by atoms with E-state index in [1.54, 1.807) is 6.92 Å². The smallest absolute Gasteiger partial charge is 0.392 e. The first kappa shape index (κ1) is 11.5. The highest BCUT2D eigenvalue weighted by Crippen LogP contribution is 2.20. The molecule has 0 saturated carbocycles. The van der Waals surface area contributed by atoms with Crippen LogP contribution in [-0.2, 0) is 0 Å². The number of alkyl halides is 3. The summed E-state index contributed by atoms with van der Waals surface area (Å²) in [6.07, 6.45) is -5.25. The van der Waals surface area contributed by atoms with Crippen molar-refractivity contribution in [2.24, 2.45) is 0 Å². The average molecular weight is 221 g/mol. The molecule has 0 aliphatic rings. The van der Waals surface area contributed by atoms with Crippen LogP contribution in [0.25, 0.3) is 0 Å². The lowest BCUT2D eigenvalue weighted by molar-refractivity contribution is -0.139. The van der Waals surface area contributed by atoms with Gasteiger partial charge in [0.1, 0.15) is 0 Å².